The molecule has 4 rings (SSSR count). The lowest BCUT2D eigenvalue weighted by Crippen LogP contribution is -2.42. The van der Waals surface area contributed by atoms with Crippen molar-refractivity contribution >= 4 is 56.6 Å². The molecule has 2 heterocycles. The van der Waals surface area contributed by atoms with Crippen LogP contribution in [0.4, 0.5) is 24.0 Å². The second-order valence-electron chi connectivity index (χ2n) is 8.13. The smallest absolute Gasteiger partial charge is 0.234 e. The fourth-order valence-corrected chi connectivity index (χ4v) is 5.14. The number of thiazole rings is 1. The number of anilines is 2. The van der Waals surface area contributed by atoms with E-state index in [1.54, 1.807) is 0 Å². The molecule has 0 aliphatic carbocycles. The summed E-state index contributed by atoms with van der Waals surface area (Å²) in [4.78, 5) is 35.7. The van der Waals surface area contributed by atoms with Gasteiger partial charge in [0, 0.05) is 37.8 Å². The van der Waals surface area contributed by atoms with Gasteiger partial charge in [-0.3, -0.25) is 14.5 Å². The molecule has 3 aromatic rings. The van der Waals surface area contributed by atoms with Crippen molar-refractivity contribution in [2.45, 2.75) is 20.3 Å². The van der Waals surface area contributed by atoms with Crippen LogP contribution in [0.15, 0.2) is 36.4 Å². The normalized spacial score (nSPS) is 15.7. The lowest BCUT2D eigenvalue weighted by molar-refractivity contribution is -0.124. The minimum absolute atomic E-state index is 0. The third kappa shape index (κ3) is 5.76. The molecule has 6 nitrogen and oxygen atoms in total. The SMILES string of the molecule is CCN(CC)CCN(C(=O)C1CC(=O)N(c2ccc(F)cc2)C1)c1nc2c(F)cc(F)cc2s1.Cl. The summed E-state index contributed by atoms with van der Waals surface area (Å²) in [6.45, 7) is 6.62. The molecule has 1 aliphatic rings. The number of hydrogen-bond donors (Lipinski definition) is 0. The van der Waals surface area contributed by atoms with Gasteiger partial charge >= 0.3 is 0 Å². The van der Waals surface area contributed by atoms with Crippen LogP contribution in [0, 0.1) is 23.4 Å². The Morgan fingerprint density at radius 3 is 2.43 bits per heavy atom. The maximum Gasteiger partial charge on any atom is 0.234 e. The Morgan fingerprint density at radius 2 is 1.77 bits per heavy atom. The average Bonchev–Trinajstić information content (AvgIpc) is 3.41. The fourth-order valence-electron chi connectivity index (χ4n) is 4.11. The number of aromatic nitrogens is 1. The van der Waals surface area contributed by atoms with Crippen molar-refractivity contribution in [3.05, 3.63) is 53.8 Å². The van der Waals surface area contributed by atoms with E-state index in [1.807, 2.05) is 13.8 Å². The van der Waals surface area contributed by atoms with Crippen LogP contribution in [0.25, 0.3) is 10.2 Å². The van der Waals surface area contributed by atoms with E-state index >= 15 is 0 Å². The van der Waals surface area contributed by atoms with Gasteiger partial charge in [-0.2, -0.15) is 0 Å². The molecule has 0 saturated carbocycles. The summed E-state index contributed by atoms with van der Waals surface area (Å²) in [6, 6.07) is 7.50. The van der Waals surface area contributed by atoms with E-state index < -0.39 is 23.4 Å². The maximum absolute atomic E-state index is 14.3. The highest BCUT2D eigenvalue weighted by molar-refractivity contribution is 7.22. The van der Waals surface area contributed by atoms with E-state index in [0.717, 1.165) is 30.5 Å². The van der Waals surface area contributed by atoms with Crippen LogP contribution in [0.5, 0.6) is 0 Å². The molecule has 1 saturated heterocycles. The summed E-state index contributed by atoms with van der Waals surface area (Å²) >= 11 is 1.04. The average molecular weight is 527 g/mol. The Kier molecular flexibility index (Phi) is 8.74. The fraction of sp³-hybridized carbons (Fsp3) is 0.375. The van der Waals surface area contributed by atoms with E-state index in [2.05, 4.69) is 9.88 Å². The molecule has 1 aromatic heterocycles. The van der Waals surface area contributed by atoms with E-state index in [-0.39, 0.29) is 47.8 Å². The summed E-state index contributed by atoms with van der Waals surface area (Å²) in [5, 5.41) is 0.268. The van der Waals surface area contributed by atoms with Crippen LogP contribution >= 0.6 is 23.7 Å². The number of fused-ring (bicyclic) bond motifs is 1. The molecular formula is C24H26ClF3N4O2S. The van der Waals surface area contributed by atoms with Crippen molar-refractivity contribution in [2.24, 2.45) is 5.92 Å². The second kappa shape index (κ2) is 11.4. The van der Waals surface area contributed by atoms with Gasteiger partial charge in [-0.25, -0.2) is 18.2 Å². The third-order valence-electron chi connectivity index (χ3n) is 6.05. The van der Waals surface area contributed by atoms with Gasteiger partial charge in [-0.1, -0.05) is 25.2 Å². The van der Waals surface area contributed by atoms with Crippen LogP contribution in [-0.2, 0) is 9.59 Å². The highest BCUT2D eigenvalue weighted by Gasteiger charge is 2.38. The minimum atomic E-state index is -0.785. The molecule has 2 amide bonds. The molecule has 1 unspecified atom stereocenters. The predicted molar refractivity (Wildman–Crippen MR) is 134 cm³/mol. The van der Waals surface area contributed by atoms with E-state index in [9.17, 15) is 22.8 Å². The topological polar surface area (TPSA) is 56.8 Å². The van der Waals surface area contributed by atoms with Crippen molar-refractivity contribution < 1.29 is 22.8 Å². The Labute approximate surface area is 211 Å². The summed E-state index contributed by atoms with van der Waals surface area (Å²) in [5.74, 6) is -3.08. The van der Waals surface area contributed by atoms with Crippen LogP contribution in [0.3, 0.4) is 0 Å². The first kappa shape index (κ1) is 26.9. The summed E-state index contributed by atoms with van der Waals surface area (Å²) in [6.07, 6.45) is 0.00582. The van der Waals surface area contributed by atoms with Crippen molar-refractivity contribution in [3.63, 3.8) is 0 Å². The zero-order valence-corrected chi connectivity index (χ0v) is 21.0. The van der Waals surface area contributed by atoms with E-state index in [1.165, 1.54) is 40.1 Å². The van der Waals surface area contributed by atoms with Crippen LogP contribution in [0.1, 0.15) is 20.3 Å². The Morgan fingerprint density at radius 1 is 1.09 bits per heavy atom. The van der Waals surface area contributed by atoms with Gasteiger partial charge < -0.3 is 9.80 Å². The third-order valence-corrected chi connectivity index (χ3v) is 7.07. The van der Waals surface area contributed by atoms with Gasteiger partial charge in [0.2, 0.25) is 11.8 Å². The highest BCUT2D eigenvalue weighted by Crippen LogP contribution is 2.33. The van der Waals surface area contributed by atoms with Gasteiger partial charge in [-0.05, 0) is 43.4 Å². The van der Waals surface area contributed by atoms with Gasteiger partial charge in [0.05, 0.1) is 10.6 Å². The molecule has 0 spiro atoms. The lowest BCUT2D eigenvalue weighted by Gasteiger charge is -2.26. The first-order valence-corrected chi connectivity index (χ1v) is 12.0. The maximum atomic E-state index is 14.3. The number of likely N-dealkylation sites (N-methyl/N-ethyl adjacent to an activating group) is 1. The molecular weight excluding hydrogens is 501 g/mol. The first-order valence-electron chi connectivity index (χ1n) is 11.2. The van der Waals surface area contributed by atoms with Crippen molar-refractivity contribution in [2.75, 3.05) is 42.5 Å². The molecule has 1 atom stereocenters. The quantitative estimate of drug-likeness (QED) is 0.420. The number of hydrogen-bond acceptors (Lipinski definition) is 5. The molecule has 2 aromatic carbocycles. The molecule has 1 aliphatic heterocycles. The van der Waals surface area contributed by atoms with E-state index in [0.29, 0.717) is 23.5 Å². The number of carbonyl (C=O) groups excluding carboxylic acids is 2. The van der Waals surface area contributed by atoms with Crippen LogP contribution < -0.4 is 9.80 Å². The van der Waals surface area contributed by atoms with Gasteiger partial charge in [0.15, 0.2) is 10.9 Å². The standard InChI is InChI=1S/C24H25F3N4O2S.ClH/c1-3-29(4-2)9-10-30(24-28-22-19(27)12-17(26)13-20(22)34-24)23(33)15-11-21(32)31(14-15)18-7-5-16(25)6-8-18;/h5-8,12-13,15H,3-4,9-11,14H2,1-2H3;1H. The molecule has 0 bridgehead atoms. The number of nitrogens with zero attached hydrogens (tertiary/aromatic N) is 4. The zero-order valence-electron chi connectivity index (χ0n) is 19.3. The van der Waals surface area contributed by atoms with Crippen molar-refractivity contribution in [3.8, 4) is 0 Å². The minimum Gasteiger partial charge on any atom is -0.312 e. The molecule has 0 N–H and O–H groups in total. The first-order chi connectivity index (χ1) is 16.3. The van der Waals surface area contributed by atoms with Gasteiger partial charge in [-0.15, -0.1) is 12.4 Å². The van der Waals surface area contributed by atoms with Crippen LogP contribution in [-0.4, -0.2) is 54.4 Å². The summed E-state index contributed by atoms with van der Waals surface area (Å²) in [5.41, 5.74) is 0.534. The number of rotatable bonds is 8. The number of carbonyl (C=O) groups is 2. The summed E-state index contributed by atoms with van der Waals surface area (Å²) in [7, 11) is 0. The molecule has 35 heavy (non-hydrogen) atoms. The highest BCUT2D eigenvalue weighted by atomic mass is 35.5. The van der Waals surface area contributed by atoms with E-state index in [4.69, 9.17) is 0 Å². The Hall–Kier alpha value is -2.69. The Bertz CT molecular complexity index is 1200. The van der Waals surface area contributed by atoms with Crippen LogP contribution in [0.2, 0.25) is 0 Å². The number of halogens is 4. The van der Waals surface area contributed by atoms with Gasteiger partial charge in [0.1, 0.15) is 17.2 Å². The van der Waals surface area contributed by atoms with Crippen molar-refractivity contribution in [1.82, 2.24) is 9.88 Å². The monoisotopic (exact) mass is 526 g/mol. The van der Waals surface area contributed by atoms with Crippen molar-refractivity contribution in [1.29, 1.82) is 0 Å². The molecule has 0 radical (unpaired) electrons. The number of amides is 2. The number of benzene rings is 2. The molecule has 1 fully saturated rings. The Balaban J connectivity index is 0.00000342. The summed E-state index contributed by atoms with van der Waals surface area (Å²) < 4.78 is 41.6. The molecule has 188 valence electrons. The largest absolute Gasteiger partial charge is 0.312 e. The second-order valence-corrected chi connectivity index (χ2v) is 9.14. The zero-order chi connectivity index (χ0) is 24.4. The van der Waals surface area contributed by atoms with Gasteiger partial charge in [0.25, 0.3) is 0 Å². The molecule has 11 heteroatoms. The lowest BCUT2D eigenvalue weighted by atomic mass is 10.1. The predicted octanol–water partition coefficient (Wildman–Crippen LogP) is 4.86.